The van der Waals surface area contributed by atoms with Crippen molar-refractivity contribution in [3.63, 3.8) is 0 Å². The van der Waals surface area contributed by atoms with Crippen LogP contribution in [0.5, 0.6) is 5.75 Å². The summed E-state index contributed by atoms with van der Waals surface area (Å²) in [5.41, 5.74) is 1.82. The molecule has 0 saturated carbocycles. The van der Waals surface area contributed by atoms with Crippen LogP contribution in [0.3, 0.4) is 0 Å². The Hall–Kier alpha value is -1.54. The van der Waals surface area contributed by atoms with Gasteiger partial charge in [-0.15, -0.1) is 11.6 Å². The molecule has 0 N–H and O–H groups in total. The summed E-state index contributed by atoms with van der Waals surface area (Å²) in [5.74, 6) is 0.556. The molecule has 0 heterocycles. The molecule has 0 fully saturated rings. The van der Waals surface area contributed by atoms with Crippen molar-refractivity contribution in [2.24, 2.45) is 0 Å². The van der Waals surface area contributed by atoms with Gasteiger partial charge >= 0.3 is 0 Å². The molecule has 1 unspecified atom stereocenters. The van der Waals surface area contributed by atoms with E-state index >= 15 is 0 Å². The van der Waals surface area contributed by atoms with Crippen molar-refractivity contribution in [3.8, 4) is 5.75 Å². The number of ether oxygens (including phenoxy) is 1. The van der Waals surface area contributed by atoms with E-state index in [1.165, 1.54) is 12.1 Å². The lowest BCUT2D eigenvalue weighted by Gasteiger charge is -2.15. The lowest BCUT2D eigenvalue weighted by molar-refractivity contribution is 0.336. The molecule has 3 heteroatoms. The Morgan fingerprint density at radius 2 is 1.95 bits per heavy atom. The first kappa shape index (κ1) is 13.9. The highest BCUT2D eigenvalue weighted by molar-refractivity contribution is 6.21. The summed E-state index contributed by atoms with van der Waals surface area (Å²) in [4.78, 5) is 0. The normalized spacial score (nSPS) is 12.2. The molecule has 0 aliphatic rings. The maximum absolute atomic E-state index is 13.2. The van der Waals surface area contributed by atoms with Crippen molar-refractivity contribution >= 4 is 11.6 Å². The number of rotatable bonds is 5. The topological polar surface area (TPSA) is 9.23 Å². The fourth-order valence-corrected chi connectivity index (χ4v) is 2.37. The van der Waals surface area contributed by atoms with E-state index in [0.29, 0.717) is 13.0 Å². The second kappa shape index (κ2) is 6.58. The zero-order chi connectivity index (χ0) is 13.7. The minimum Gasteiger partial charge on any atom is -0.494 e. The van der Waals surface area contributed by atoms with Crippen LogP contribution in [-0.2, 0) is 6.42 Å². The maximum atomic E-state index is 13.2. The van der Waals surface area contributed by atoms with Crippen molar-refractivity contribution in [2.45, 2.75) is 18.7 Å². The van der Waals surface area contributed by atoms with Crippen LogP contribution in [0, 0.1) is 5.82 Å². The molecule has 0 spiro atoms. The van der Waals surface area contributed by atoms with Crippen molar-refractivity contribution < 1.29 is 9.13 Å². The zero-order valence-corrected chi connectivity index (χ0v) is 11.5. The first-order valence-corrected chi connectivity index (χ1v) is 6.74. The minimum absolute atomic E-state index is 0.232. The summed E-state index contributed by atoms with van der Waals surface area (Å²) >= 11 is 6.43. The van der Waals surface area contributed by atoms with Gasteiger partial charge in [0, 0.05) is 5.56 Å². The van der Waals surface area contributed by atoms with Crippen LogP contribution in [0.1, 0.15) is 23.4 Å². The van der Waals surface area contributed by atoms with Crippen LogP contribution in [0.15, 0.2) is 48.5 Å². The quantitative estimate of drug-likeness (QED) is 0.717. The second-order valence-corrected chi connectivity index (χ2v) is 4.80. The van der Waals surface area contributed by atoms with E-state index in [0.717, 1.165) is 16.9 Å². The highest BCUT2D eigenvalue weighted by atomic mass is 35.5. The molecule has 0 radical (unpaired) electrons. The Balaban J connectivity index is 2.17. The smallest absolute Gasteiger partial charge is 0.123 e. The van der Waals surface area contributed by atoms with Crippen molar-refractivity contribution in [3.05, 3.63) is 65.5 Å². The van der Waals surface area contributed by atoms with Crippen LogP contribution in [0.2, 0.25) is 0 Å². The third-order valence-electron chi connectivity index (χ3n) is 2.86. The van der Waals surface area contributed by atoms with E-state index in [-0.39, 0.29) is 11.2 Å². The predicted molar refractivity (Wildman–Crippen MR) is 76.3 cm³/mol. The number of hydrogen-bond donors (Lipinski definition) is 0. The Bertz CT molecular complexity index is 542. The van der Waals surface area contributed by atoms with Gasteiger partial charge in [0.1, 0.15) is 11.6 Å². The summed E-state index contributed by atoms with van der Waals surface area (Å²) in [6, 6.07) is 14.2. The first-order chi connectivity index (χ1) is 9.20. The summed E-state index contributed by atoms with van der Waals surface area (Å²) < 4.78 is 18.7. The molecular weight excluding hydrogens is 263 g/mol. The van der Waals surface area contributed by atoms with Gasteiger partial charge in [0.05, 0.1) is 12.0 Å². The molecule has 2 aromatic rings. The lowest BCUT2D eigenvalue weighted by atomic mass is 10.0. The Labute approximate surface area is 118 Å². The molecule has 2 aromatic carbocycles. The zero-order valence-electron chi connectivity index (χ0n) is 10.8. The molecule has 0 bridgehead atoms. The molecule has 0 aliphatic heterocycles. The number of benzene rings is 2. The molecule has 0 saturated heterocycles. The van der Waals surface area contributed by atoms with E-state index in [1.807, 2.05) is 37.3 Å². The van der Waals surface area contributed by atoms with Gasteiger partial charge in [-0.3, -0.25) is 0 Å². The molecular formula is C16H16ClFO. The SMILES string of the molecule is CCOc1ccccc1C(Cl)Cc1cccc(F)c1. The molecule has 2 rings (SSSR count). The number of halogens is 2. The molecule has 0 aliphatic carbocycles. The van der Waals surface area contributed by atoms with Gasteiger partial charge in [0.2, 0.25) is 0 Å². The highest BCUT2D eigenvalue weighted by Crippen LogP contribution is 2.32. The number of para-hydroxylation sites is 1. The van der Waals surface area contributed by atoms with E-state index < -0.39 is 0 Å². The van der Waals surface area contributed by atoms with Crippen molar-refractivity contribution in [2.75, 3.05) is 6.61 Å². The molecule has 0 amide bonds. The second-order valence-electron chi connectivity index (χ2n) is 4.27. The fourth-order valence-electron chi connectivity index (χ4n) is 2.01. The van der Waals surface area contributed by atoms with E-state index in [2.05, 4.69) is 0 Å². The third-order valence-corrected chi connectivity index (χ3v) is 3.25. The van der Waals surface area contributed by atoms with E-state index in [1.54, 1.807) is 6.07 Å². The van der Waals surface area contributed by atoms with E-state index in [4.69, 9.17) is 16.3 Å². The van der Waals surface area contributed by atoms with Crippen LogP contribution in [-0.4, -0.2) is 6.61 Å². The van der Waals surface area contributed by atoms with Crippen LogP contribution in [0.25, 0.3) is 0 Å². The largest absolute Gasteiger partial charge is 0.494 e. The standard InChI is InChI=1S/C16H16ClFO/c1-2-19-16-9-4-3-8-14(16)15(17)11-12-6-5-7-13(18)10-12/h3-10,15H,2,11H2,1H3. The summed E-state index contributed by atoms with van der Waals surface area (Å²) in [5, 5.41) is -0.232. The van der Waals surface area contributed by atoms with Gasteiger partial charge in [-0.25, -0.2) is 4.39 Å². The third kappa shape index (κ3) is 3.71. The van der Waals surface area contributed by atoms with Gasteiger partial charge in [-0.05, 0) is 37.1 Å². The highest BCUT2D eigenvalue weighted by Gasteiger charge is 2.14. The van der Waals surface area contributed by atoms with Crippen molar-refractivity contribution in [1.82, 2.24) is 0 Å². The maximum Gasteiger partial charge on any atom is 0.123 e. The van der Waals surface area contributed by atoms with Gasteiger partial charge in [0.15, 0.2) is 0 Å². The number of alkyl halides is 1. The Kier molecular flexibility index (Phi) is 4.80. The first-order valence-electron chi connectivity index (χ1n) is 6.31. The molecule has 100 valence electrons. The monoisotopic (exact) mass is 278 g/mol. The molecule has 0 aromatic heterocycles. The molecule has 1 nitrogen and oxygen atoms in total. The lowest BCUT2D eigenvalue weighted by Crippen LogP contribution is -2.01. The fraction of sp³-hybridized carbons (Fsp3) is 0.250. The van der Waals surface area contributed by atoms with Crippen LogP contribution in [0.4, 0.5) is 4.39 Å². The van der Waals surface area contributed by atoms with Crippen LogP contribution < -0.4 is 4.74 Å². The average molecular weight is 279 g/mol. The minimum atomic E-state index is -0.237. The Morgan fingerprint density at radius 3 is 2.68 bits per heavy atom. The summed E-state index contributed by atoms with van der Waals surface area (Å²) in [6.07, 6.45) is 0.573. The predicted octanol–water partition coefficient (Wildman–Crippen LogP) is 4.75. The average Bonchev–Trinajstić information content (AvgIpc) is 2.39. The number of hydrogen-bond acceptors (Lipinski definition) is 1. The van der Waals surface area contributed by atoms with Crippen LogP contribution >= 0.6 is 11.6 Å². The summed E-state index contributed by atoms with van der Waals surface area (Å²) in [7, 11) is 0. The Morgan fingerprint density at radius 1 is 1.16 bits per heavy atom. The molecule has 1 atom stereocenters. The van der Waals surface area contributed by atoms with Gasteiger partial charge in [-0.1, -0.05) is 30.3 Å². The van der Waals surface area contributed by atoms with Gasteiger partial charge in [-0.2, -0.15) is 0 Å². The summed E-state index contributed by atoms with van der Waals surface area (Å²) in [6.45, 7) is 2.53. The van der Waals surface area contributed by atoms with Gasteiger partial charge in [0.25, 0.3) is 0 Å². The van der Waals surface area contributed by atoms with E-state index in [9.17, 15) is 4.39 Å². The van der Waals surface area contributed by atoms with Gasteiger partial charge < -0.3 is 4.74 Å². The molecule has 19 heavy (non-hydrogen) atoms. The van der Waals surface area contributed by atoms with Crippen molar-refractivity contribution in [1.29, 1.82) is 0 Å².